The SMILES string of the molecule is N#Cc1cccc(CC(C(=O)NS(=O)(=O)c2ccc3ccccc3c2)c2ccc3ccccc3c2)c1. The lowest BCUT2D eigenvalue weighted by molar-refractivity contribution is -0.120. The molecule has 6 heteroatoms. The molecular weight excluding hydrogens is 468 g/mol. The van der Waals surface area contributed by atoms with Gasteiger partial charge in [-0.15, -0.1) is 0 Å². The standard InChI is InChI=1S/C30H22N2O3S/c31-20-22-7-5-6-21(16-22)17-29(27-13-12-23-8-1-3-10-25(23)18-27)30(33)32-36(34,35)28-15-14-24-9-2-4-11-26(24)19-28/h1-16,18-19,29H,17H2,(H,32,33). The lowest BCUT2D eigenvalue weighted by Crippen LogP contribution is -2.35. The molecule has 5 aromatic carbocycles. The first kappa shape index (κ1) is 23.3. The predicted octanol–water partition coefficient (Wildman–Crippen LogP) is 5.70. The number of rotatable bonds is 6. The Hall–Kier alpha value is -4.47. The summed E-state index contributed by atoms with van der Waals surface area (Å²) in [6.45, 7) is 0. The van der Waals surface area contributed by atoms with Gasteiger partial charge in [-0.3, -0.25) is 4.79 Å². The minimum absolute atomic E-state index is 0.0262. The molecule has 5 aromatic rings. The third kappa shape index (κ3) is 4.83. The van der Waals surface area contributed by atoms with Gasteiger partial charge < -0.3 is 0 Å². The summed E-state index contributed by atoms with van der Waals surface area (Å²) in [5.41, 5.74) is 1.95. The van der Waals surface area contributed by atoms with Crippen molar-refractivity contribution in [3.63, 3.8) is 0 Å². The van der Waals surface area contributed by atoms with Crippen LogP contribution in [0, 0.1) is 11.3 Å². The van der Waals surface area contributed by atoms with Crippen LogP contribution >= 0.6 is 0 Å². The van der Waals surface area contributed by atoms with Gasteiger partial charge in [0.25, 0.3) is 10.0 Å². The summed E-state index contributed by atoms with van der Waals surface area (Å²) < 4.78 is 28.7. The van der Waals surface area contributed by atoms with E-state index >= 15 is 0 Å². The van der Waals surface area contributed by atoms with Crippen LogP contribution in [-0.2, 0) is 21.2 Å². The minimum Gasteiger partial charge on any atom is -0.273 e. The number of fused-ring (bicyclic) bond motifs is 2. The third-order valence-corrected chi connectivity index (χ3v) is 7.60. The zero-order valence-corrected chi connectivity index (χ0v) is 20.1. The van der Waals surface area contributed by atoms with Gasteiger partial charge in [0, 0.05) is 0 Å². The molecule has 0 aromatic heterocycles. The Balaban J connectivity index is 1.51. The van der Waals surface area contributed by atoms with Crippen LogP contribution in [0.25, 0.3) is 21.5 Å². The van der Waals surface area contributed by atoms with E-state index in [2.05, 4.69) is 10.8 Å². The molecule has 1 N–H and O–H groups in total. The number of sulfonamides is 1. The van der Waals surface area contributed by atoms with E-state index in [1.54, 1.807) is 30.3 Å². The molecule has 5 rings (SSSR count). The first-order valence-electron chi connectivity index (χ1n) is 11.5. The maximum Gasteiger partial charge on any atom is 0.264 e. The summed E-state index contributed by atoms with van der Waals surface area (Å²) in [4.78, 5) is 13.6. The lowest BCUT2D eigenvalue weighted by Gasteiger charge is -2.18. The van der Waals surface area contributed by atoms with E-state index in [0.717, 1.165) is 27.1 Å². The third-order valence-electron chi connectivity index (χ3n) is 6.25. The van der Waals surface area contributed by atoms with Crippen LogP contribution in [0.15, 0.2) is 114 Å². The molecule has 1 amide bonds. The van der Waals surface area contributed by atoms with Gasteiger partial charge in [-0.05, 0) is 63.4 Å². The average molecular weight is 491 g/mol. The Kier molecular flexibility index (Phi) is 6.24. The number of amides is 1. The molecule has 0 radical (unpaired) electrons. The second-order valence-corrected chi connectivity index (χ2v) is 10.3. The van der Waals surface area contributed by atoms with Crippen LogP contribution in [0.2, 0.25) is 0 Å². The summed E-state index contributed by atoms with van der Waals surface area (Å²) in [6.07, 6.45) is 0.243. The molecule has 0 heterocycles. The first-order valence-corrected chi connectivity index (χ1v) is 12.9. The van der Waals surface area contributed by atoms with E-state index in [0.29, 0.717) is 11.1 Å². The smallest absolute Gasteiger partial charge is 0.264 e. The van der Waals surface area contributed by atoms with Gasteiger partial charge in [-0.25, -0.2) is 13.1 Å². The molecule has 176 valence electrons. The second-order valence-electron chi connectivity index (χ2n) is 8.65. The highest BCUT2D eigenvalue weighted by Gasteiger charge is 2.27. The number of benzene rings is 5. The minimum atomic E-state index is -4.10. The van der Waals surface area contributed by atoms with Gasteiger partial charge in [-0.2, -0.15) is 5.26 Å². The second kappa shape index (κ2) is 9.65. The molecule has 0 saturated carbocycles. The molecule has 0 aliphatic rings. The fourth-order valence-electron chi connectivity index (χ4n) is 4.39. The highest BCUT2D eigenvalue weighted by atomic mass is 32.2. The lowest BCUT2D eigenvalue weighted by atomic mass is 9.89. The van der Waals surface area contributed by atoms with Crippen LogP contribution in [0.5, 0.6) is 0 Å². The van der Waals surface area contributed by atoms with Gasteiger partial charge >= 0.3 is 0 Å². The Morgan fingerprint density at radius 3 is 2.08 bits per heavy atom. The maximum absolute atomic E-state index is 13.5. The molecule has 0 spiro atoms. The Morgan fingerprint density at radius 1 is 0.750 bits per heavy atom. The molecule has 0 aliphatic carbocycles. The topological polar surface area (TPSA) is 87.0 Å². The molecule has 0 saturated heterocycles. The molecule has 1 atom stereocenters. The van der Waals surface area contributed by atoms with Gasteiger partial charge in [0.05, 0.1) is 22.4 Å². The largest absolute Gasteiger partial charge is 0.273 e. The number of nitrogens with zero attached hydrogens (tertiary/aromatic N) is 1. The first-order chi connectivity index (χ1) is 17.4. The summed E-state index contributed by atoms with van der Waals surface area (Å²) >= 11 is 0. The molecule has 36 heavy (non-hydrogen) atoms. The zero-order chi connectivity index (χ0) is 25.1. The normalized spacial score (nSPS) is 12.2. The summed E-state index contributed by atoms with van der Waals surface area (Å²) in [5.74, 6) is -1.40. The van der Waals surface area contributed by atoms with Crippen molar-refractivity contribution >= 4 is 37.5 Å². The molecule has 0 bridgehead atoms. The van der Waals surface area contributed by atoms with Crippen molar-refractivity contribution in [1.29, 1.82) is 5.26 Å². The van der Waals surface area contributed by atoms with Crippen LogP contribution in [0.3, 0.4) is 0 Å². The number of carbonyl (C=O) groups excluding carboxylic acids is 1. The average Bonchev–Trinajstić information content (AvgIpc) is 2.91. The number of nitrogens with one attached hydrogen (secondary N) is 1. The van der Waals surface area contributed by atoms with Crippen molar-refractivity contribution in [2.45, 2.75) is 17.2 Å². The van der Waals surface area contributed by atoms with Gasteiger partial charge in [0.2, 0.25) is 5.91 Å². The van der Waals surface area contributed by atoms with Crippen LogP contribution < -0.4 is 4.72 Å². The van der Waals surface area contributed by atoms with Gasteiger partial charge in [-0.1, -0.05) is 84.9 Å². The highest BCUT2D eigenvalue weighted by Crippen LogP contribution is 2.27. The van der Waals surface area contributed by atoms with Crippen molar-refractivity contribution in [2.24, 2.45) is 0 Å². The van der Waals surface area contributed by atoms with Crippen molar-refractivity contribution in [3.8, 4) is 6.07 Å². The fourth-order valence-corrected chi connectivity index (χ4v) is 5.44. The highest BCUT2D eigenvalue weighted by molar-refractivity contribution is 7.90. The molecule has 1 unspecified atom stereocenters. The fraction of sp³-hybridized carbons (Fsp3) is 0.0667. The number of hydrogen-bond acceptors (Lipinski definition) is 4. The van der Waals surface area contributed by atoms with Crippen molar-refractivity contribution in [3.05, 3.63) is 126 Å². The zero-order valence-electron chi connectivity index (χ0n) is 19.3. The monoisotopic (exact) mass is 490 g/mol. The van der Waals surface area contributed by atoms with Crippen LogP contribution in [0.4, 0.5) is 0 Å². The Labute approximate surface area is 209 Å². The van der Waals surface area contributed by atoms with E-state index in [-0.39, 0.29) is 11.3 Å². The summed E-state index contributed by atoms with van der Waals surface area (Å²) in [5, 5.41) is 12.9. The van der Waals surface area contributed by atoms with Crippen LogP contribution in [0.1, 0.15) is 22.6 Å². The maximum atomic E-state index is 13.5. The van der Waals surface area contributed by atoms with Gasteiger partial charge in [0.1, 0.15) is 0 Å². The predicted molar refractivity (Wildman–Crippen MR) is 141 cm³/mol. The number of hydrogen-bond donors (Lipinski definition) is 1. The summed E-state index contributed by atoms with van der Waals surface area (Å²) in [6, 6.07) is 34.8. The molecule has 0 aliphatic heterocycles. The number of carbonyl (C=O) groups is 1. The Bertz CT molecular complexity index is 1750. The van der Waals surface area contributed by atoms with E-state index in [9.17, 15) is 18.5 Å². The van der Waals surface area contributed by atoms with Crippen molar-refractivity contribution in [2.75, 3.05) is 0 Å². The van der Waals surface area contributed by atoms with Crippen molar-refractivity contribution < 1.29 is 13.2 Å². The molecule has 5 nitrogen and oxygen atoms in total. The van der Waals surface area contributed by atoms with E-state index in [1.807, 2.05) is 72.8 Å². The summed E-state index contributed by atoms with van der Waals surface area (Å²) in [7, 11) is -4.10. The van der Waals surface area contributed by atoms with Crippen LogP contribution in [-0.4, -0.2) is 14.3 Å². The molecule has 0 fully saturated rings. The number of nitriles is 1. The van der Waals surface area contributed by atoms with Gasteiger partial charge in [0.15, 0.2) is 0 Å². The van der Waals surface area contributed by atoms with E-state index in [4.69, 9.17) is 0 Å². The molecular formula is C30H22N2O3S. The van der Waals surface area contributed by atoms with Crippen molar-refractivity contribution in [1.82, 2.24) is 4.72 Å². The Morgan fingerprint density at radius 2 is 1.39 bits per heavy atom. The quantitative estimate of drug-likeness (QED) is 0.331. The van der Waals surface area contributed by atoms with E-state index in [1.165, 1.54) is 6.07 Å². The van der Waals surface area contributed by atoms with E-state index < -0.39 is 21.8 Å².